The highest BCUT2D eigenvalue weighted by atomic mass is 19.1. The van der Waals surface area contributed by atoms with Gasteiger partial charge in [0.2, 0.25) is 0 Å². The third kappa shape index (κ3) is 5.17. The topological polar surface area (TPSA) is 59.8 Å². The van der Waals surface area contributed by atoms with Crippen LogP contribution in [0.25, 0.3) is 0 Å². The van der Waals surface area contributed by atoms with E-state index < -0.39 is 11.8 Å². The Morgan fingerprint density at radius 2 is 1.92 bits per heavy atom. The summed E-state index contributed by atoms with van der Waals surface area (Å²) in [5, 5.41) is 2.66. The first-order valence-corrected chi connectivity index (χ1v) is 7.52. The smallest absolute Gasteiger partial charge is 0.337 e. The second-order valence-electron chi connectivity index (χ2n) is 5.56. The summed E-state index contributed by atoms with van der Waals surface area (Å²) < 4.78 is 17.8. The van der Waals surface area contributed by atoms with Crippen molar-refractivity contribution in [1.82, 2.24) is 0 Å². The van der Waals surface area contributed by atoms with E-state index in [2.05, 4.69) is 5.32 Å². The first-order valence-electron chi connectivity index (χ1n) is 7.52. The minimum atomic E-state index is -0.395. The number of rotatable bonds is 6. The highest BCUT2D eigenvalue weighted by Gasteiger charge is 2.13. The molecule has 2 N–H and O–H groups in total. The second kappa shape index (κ2) is 8.21. The molecule has 5 nitrogen and oxygen atoms in total. The maximum atomic E-state index is 13.1. The lowest BCUT2D eigenvalue weighted by molar-refractivity contribution is -0.885. The van der Waals surface area contributed by atoms with Gasteiger partial charge in [-0.05, 0) is 30.3 Å². The Hall–Kier alpha value is -2.73. The van der Waals surface area contributed by atoms with Crippen LogP contribution in [0.1, 0.15) is 15.9 Å². The van der Waals surface area contributed by atoms with Gasteiger partial charge in [-0.2, -0.15) is 0 Å². The second-order valence-corrected chi connectivity index (χ2v) is 5.56. The number of ether oxygens (including phenoxy) is 1. The third-order valence-corrected chi connectivity index (χ3v) is 3.42. The number of nitrogens with one attached hydrogen (secondary N) is 2. The number of carbonyl (C=O) groups is 2. The van der Waals surface area contributed by atoms with Crippen molar-refractivity contribution in [3.63, 3.8) is 0 Å². The van der Waals surface area contributed by atoms with Gasteiger partial charge in [0.25, 0.3) is 5.91 Å². The van der Waals surface area contributed by atoms with Gasteiger partial charge in [0.15, 0.2) is 6.54 Å². The molecule has 1 unspecified atom stereocenters. The van der Waals surface area contributed by atoms with Gasteiger partial charge in [-0.3, -0.25) is 4.79 Å². The summed E-state index contributed by atoms with van der Waals surface area (Å²) in [6.07, 6.45) is 0. The normalized spacial score (nSPS) is 11.6. The van der Waals surface area contributed by atoms with Crippen molar-refractivity contribution < 1.29 is 23.6 Å². The summed E-state index contributed by atoms with van der Waals surface area (Å²) in [5.74, 6) is -0.992. The molecule has 6 heteroatoms. The van der Waals surface area contributed by atoms with Crippen molar-refractivity contribution >= 4 is 17.6 Å². The van der Waals surface area contributed by atoms with Gasteiger partial charge in [0, 0.05) is 11.3 Å². The van der Waals surface area contributed by atoms with Crippen LogP contribution in [0.3, 0.4) is 0 Å². The summed E-state index contributed by atoms with van der Waals surface area (Å²) in [5.41, 5.74) is 1.83. The Bertz CT molecular complexity index is 734. The molecule has 0 aromatic heterocycles. The lowest BCUT2D eigenvalue weighted by atomic mass is 10.1. The molecule has 0 fully saturated rings. The van der Waals surface area contributed by atoms with E-state index in [1.54, 1.807) is 30.3 Å². The van der Waals surface area contributed by atoms with Crippen LogP contribution in [-0.4, -0.2) is 32.6 Å². The Morgan fingerprint density at radius 3 is 2.62 bits per heavy atom. The van der Waals surface area contributed by atoms with Gasteiger partial charge in [-0.15, -0.1) is 0 Å². The number of halogens is 1. The van der Waals surface area contributed by atoms with Crippen LogP contribution < -0.4 is 10.2 Å². The molecule has 2 rings (SSSR count). The molecule has 2 aromatic carbocycles. The van der Waals surface area contributed by atoms with Crippen molar-refractivity contribution in [2.75, 3.05) is 26.0 Å². The molecule has 24 heavy (non-hydrogen) atoms. The van der Waals surface area contributed by atoms with Crippen LogP contribution >= 0.6 is 0 Å². The molecule has 0 bridgehead atoms. The first kappa shape index (κ1) is 17.6. The molecule has 0 aliphatic carbocycles. The highest BCUT2D eigenvalue weighted by molar-refractivity contribution is 5.91. The zero-order valence-electron chi connectivity index (χ0n) is 13.6. The summed E-state index contributed by atoms with van der Waals surface area (Å²) >= 11 is 0. The van der Waals surface area contributed by atoms with Crippen molar-refractivity contribution in [2.24, 2.45) is 0 Å². The predicted molar refractivity (Wildman–Crippen MR) is 88.3 cm³/mol. The van der Waals surface area contributed by atoms with Gasteiger partial charge < -0.3 is 15.0 Å². The third-order valence-electron chi connectivity index (χ3n) is 3.42. The largest absolute Gasteiger partial charge is 0.465 e. The fourth-order valence-electron chi connectivity index (χ4n) is 2.38. The predicted octanol–water partition coefficient (Wildman–Crippen LogP) is 1.27. The van der Waals surface area contributed by atoms with Gasteiger partial charge in [-0.25, -0.2) is 9.18 Å². The van der Waals surface area contributed by atoms with E-state index >= 15 is 0 Å². The summed E-state index contributed by atoms with van der Waals surface area (Å²) in [6, 6.07) is 12.9. The quantitative estimate of drug-likeness (QED) is 0.784. The minimum Gasteiger partial charge on any atom is -0.465 e. The molecule has 0 aliphatic rings. The van der Waals surface area contributed by atoms with E-state index in [1.807, 2.05) is 13.1 Å². The molecule has 1 atom stereocenters. The molecule has 126 valence electrons. The van der Waals surface area contributed by atoms with Crippen LogP contribution in [0.2, 0.25) is 0 Å². The number of benzene rings is 2. The van der Waals surface area contributed by atoms with E-state index in [4.69, 9.17) is 4.74 Å². The van der Waals surface area contributed by atoms with Crippen LogP contribution in [0, 0.1) is 5.82 Å². The van der Waals surface area contributed by atoms with Crippen LogP contribution in [0.4, 0.5) is 10.1 Å². The van der Waals surface area contributed by atoms with Crippen molar-refractivity contribution in [1.29, 1.82) is 0 Å². The molecule has 0 saturated heterocycles. The Balaban J connectivity index is 1.92. The SMILES string of the molecule is COC(=O)c1cccc(C[NH+](C)CC(=O)Nc2cccc(F)c2)c1. The summed E-state index contributed by atoms with van der Waals surface area (Å²) in [4.78, 5) is 24.5. The van der Waals surface area contributed by atoms with Crippen LogP contribution in [-0.2, 0) is 16.1 Å². The maximum absolute atomic E-state index is 13.1. The Labute approximate surface area is 140 Å². The van der Waals surface area contributed by atoms with Gasteiger partial charge >= 0.3 is 5.97 Å². The number of anilines is 1. The molecule has 2 aromatic rings. The van der Waals surface area contributed by atoms with E-state index in [1.165, 1.54) is 19.2 Å². The minimum absolute atomic E-state index is 0.206. The van der Waals surface area contributed by atoms with Crippen molar-refractivity contribution in [2.45, 2.75) is 6.54 Å². The number of esters is 1. The average molecular weight is 331 g/mol. The monoisotopic (exact) mass is 331 g/mol. The Morgan fingerprint density at radius 1 is 1.17 bits per heavy atom. The number of methoxy groups -OCH3 is 1. The van der Waals surface area contributed by atoms with E-state index in [9.17, 15) is 14.0 Å². The molecule has 0 saturated carbocycles. The number of carbonyl (C=O) groups excluding carboxylic acids is 2. The van der Waals surface area contributed by atoms with Gasteiger partial charge in [0.1, 0.15) is 12.4 Å². The average Bonchev–Trinajstić information content (AvgIpc) is 2.54. The number of likely N-dealkylation sites (N-methyl/N-ethyl adjacent to an activating group) is 1. The van der Waals surface area contributed by atoms with Crippen molar-refractivity contribution in [3.8, 4) is 0 Å². The molecule has 0 aliphatic heterocycles. The standard InChI is InChI=1S/C18H19FN2O3/c1-21(11-13-5-3-6-14(9-13)18(23)24-2)12-17(22)20-16-8-4-7-15(19)10-16/h3-10H,11-12H2,1-2H3,(H,20,22)/p+1. The lowest BCUT2D eigenvalue weighted by Gasteiger charge is -2.14. The molecule has 0 heterocycles. The van der Waals surface area contributed by atoms with Crippen LogP contribution in [0.5, 0.6) is 0 Å². The number of amides is 1. The Kier molecular flexibility index (Phi) is 6.03. The van der Waals surface area contributed by atoms with Gasteiger partial charge in [0.05, 0.1) is 19.7 Å². The lowest BCUT2D eigenvalue weighted by Crippen LogP contribution is -3.08. The van der Waals surface area contributed by atoms with E-state index in [0.717, 1.165) is 10.5 Å². The summed E-state index contributed by atoms with van der Waals surface area (Å²) in [6.45, 7) is 0.792. The molecular weight excluding hydrogens is 311 g/mol. The first-order chi connectivity index (χ1) is 11.5. The number of quaternary nitrogens is 1. The molecule has 0 radical (unpaired) electrons. The van der Waals surface area contributed by atoms with E-state index in [0.29, 0.717) is 17.8 Å². The summed E-state index contributed by atoms with van der Waals surface area (Å²) in [7, 11) is 3.21. The zero-order chi connectivity index (χ0) is 17.5. The molecular formula is C18H20FN2O3+. The zero-order valence-corrected chi connectivity index (χ0v) is 13.6. The molecule has 0 spiro atoms. The van der Waals surface area contributed by atoms with Gasteiger partial charge in [-0.1, -0.05) is 18.2 Å². The highest BCUT2D eigenvalue weighted by Crippen LogP contribution is 2.08. The fraction of sp³-hybridized carbons (Fsp3) is 0.222. The van der Waals surface area contributed by atoms with Crippen LogP contribution in [0.15, 0.2) is 48.5 Å². The maximum Gasteiger partial charge on any atom is 0.337 e. The fourth-order valence-corrected chi connectivity index (χ4v) is 2.38. The van der Waals surface area contributed by atoms with E-state index in [-0.39, 0.29) is 12.5 Å². The molecule has 1 amide bonds. The number of hydrogen-bond acceptors (Lipinski definition) is 3. The number of hydrogen-bond donors (Lipinski definition) is 2. The van der Waals surface area contributed by atoms with Crippen molar-refractivity contribution in [3.05, 3.63) is 65.5 Å².